The molecular weight excluding hydrogens is 460 g/mol. The summed E-state index contributed by atoms with van der Waals surface area (Å²) in [5.41, 5.74) is 2.96. The molecule has 8 heteroatoms. The fraction of sp³-hybridized carbons (Fsp3) is 0.174. The van der Waals surface area contributed by atoms with E-state index in [2.05, 4.69) is 0 Å². The first-order valence-corrected chi connectivity index (χ1v) is 12.6. The minimum atomic E-state index is -3.32. The van der Waals surface area contributed by atoms with Gasteiger partial charge < -0.3 is 0 Å². The molecule has 0 radical (unpaired) electrons. The standard InChI is InChI=1S/C23H18ClF2NO2S2/c1-13-18(11-12-19(26)20(13)24)23-27-21(14-3-7-16(25)8-4-14)22(30-23)15-5-9-17(10-6-15)31(2,28)29/h3-13,20H,1-2H3. The van der Waals surface area contributed by atoms with Gasteiger partial charge in [-0.15, -0.1) is 22.9 Å². The number of sulfone groups is 1. The van der Waals surface area contributed by atoms with Crippen molar-refractivity contribution in [2.75, 3.05) is 6.26 Å². The Morgan fingerprint density at radius 2 is 1.58 bits per heavy atom. The molecular formula is C23H18ClF2NO2S2. The lowest BCUT2D eigenvalue weighted by Gasteiger charge is -2.21. The Hall–Kier alpha value is -2.35. The predicted octanol–water partition coefficient (Wildman–Crippen LogP) is 6.51. The van der Waals surface area contributed by atoms with Crippen LogP contribution in [0.3, 0.4) is 0 Å². The summed E-state index contributed by atoms with van der Waals surface area (Å²) in [5, 5.41) is -0.0842. The molecule has 3 aromatic rings. The number of thiazole rings is 1. The highest BCUT2D eigenvalue weighted by Crippen LogP contribution is 2.43. The van der Waals surface area contributed by atoms with Gasteiger partial charge in [0.1, 0.15) is 16.7 Å². The van der Waals surface area contributed by atoms with Crippen molar-refractivity contribution >= 4 is 38.3 Å². The molecule has 0 fully saturated rings. The minimum absolute atomic E-state index is 0.221. The van der Waals surface area contributed by atoms with Crippen LogP contribution >= 0.6 is 22.9 Å². The van der Waals surface area contributed by atoms with Crippen LogP contribution in [0.4, 0.5) is 8.78 Å². The molecule has 0 N–H and O–H groups in total. The number of nitrogens with zero attached hydrogens (tertiary/aromatic N) is 1. The normalized spacial score (nSPS) is 19.1. The van der Waals surface area contributed by atoms with Gasteiger partial charge in [-0.25, -0.2) is 22.2 Å². The lowest BCUT2D eigenvalue weighted by molar-refractivity contribution is 0.548. The van der Waals surface area contributed by atoms with Crippen molar-refractivity contribution in [3.63, 3.8) is 0 Å². The van der Waals surface area contributed by atoms with Crippen molar-refractivity contribution in [1.29, 1.82) is 0 Å². The summed E-state index contributed by atoms with van der Waals surface area (Å²) in [4.78, 5) is 5.81. The highest BCUT2D eigenvalue weighted by Gasteiger charge is 2.29. The first-order chi connectivity index (χ1) is 14.6. The third-order valence-electron chi connectivity index (χ3n) is 5.15. The summed E-state index contributed by atoms with van der Waals surface area (Å²) < 4.78 is 51.0. The summed E-state index contributed by atoms with van der Waals surface area (Å²) in [6.45, 7) is 1.84. The van der Waals surface area contributed by atoms with Gasteiger partial charge in [0.25, 0.3) is 0 Å². The van der Waals surface area contributed by atoms with Gasteiger partial charge in [-0.1, -0.05) is 25.1 Å². The van der Waals surface area contributed by atoms with Gasteiger partial charge in [0.15, 0.2) is 9.84 Å². The summed E-state index contributed by atoms with van der Waals surface area (Å²) in [6, 6.07) is 12.6. The molecule has 1 heterocycles. The molecule has 31 heavy (non-hydrogen) atoms. The van der Waals surface area contributed by atoms with Gasteiger partial charge in [-0.2, -0.15) is 0 Å². The quantitative estimate of drug-likeness (QED) is 0.402. The topological polar surface area (TPSA) is 47.0 Å². The maximum absolute atomic E-state index is 13.9. The largest absolute Gasteiger partial charge is 0.236 e. The number of aromatic nitrogens is 1. The Morgan fingerprint density at radius 3 is 2.19 bits per heavy atom. The van der Waals surface area contributed by atoms with Crippen LogP contribution in [0.5, 0.6) is 0 Å². The second-order valence-electron chi connectivity index (χ2n) is 7.36. The number of allylic oxidation sites excluding steroid dienone is 4. The SMILES string of the molecule is CC1C(c2nc(-c3ccc(F)cc3)c(-c3ccc(S(C)(=O)=O)cc3)s2)=CC=C(F)C1Cl. The van der Waals surface area contributed by atoms with E-state index in [1.54, 1.807) is 42.5 Å². The number of halogens is 3. The molecule has 1 aliphatic carbocycles. The van der Waals surface area contributed by atoms with Crippen LogP contribution in [0.15, 0.2) is 71.4 Å². The molecule has 2 atom stereocenters. The molecule has 0 amide bonds. The summed E-state index contributed by atoms with van der Waals surface area (Å²) in [7, 11) is -3.32. The first-order valence-electron chi connectivity index (χ1n) is 9.44. The molecule has 0 aliphatic heterocycles. The van der Waals surface area contributed by atoms with Gasteiger partial charge in [0.05, 0.1) is 20.8 Å². The Morgan fingerprint density at radius 1 is 0.968 bits per heavy atom. The van der Waals surface area contributed by atoms with E-state index in [9.17, 15) is 17.2 Å². The van der Waals surface area contributed by atoms with Crippen LogP contribution in [0.1, 0.15) is 11.9 Å². The summed E-state index contributed by atoms with van der Waals surface area (Å²) >= 11 is 7.62. The van der Waals surface area contributed by atoms with Crippen LogP contribution in [0.25, 0.3) is 27.3 Å². The Bertz CT molecular complexity index is 1290. The molecule has 3 nitrogen and oxygen atoms in total. The van der Waals surface area contributed by atoms with E-state index in [0.717, 1.165) is 27.8 Å². The van der Waals surface area contributed by atoms with Crippen molar-refractivity contribution in [3.05, 3.63) is 77.3 Å². The number of hydrogen-bond donors (Lipinski definition) is 0. The highest BCUT2D eigenvalue weighted by molar-refractivity contribution is 7.90. The maximum atomic E-state index is 13.9. The molecule has 0 spiro atoms. The molecule has 1 aromatic heterocycles. The number of benzene rings is 2. The van der Waals surface area contributed by atoms with E-state index >= 15 is 0 Å². The number of rotatable bonds is 4. The molecule has 0 bridgehead atoms. The average molecular weight is 478 g/mol. The summed E-state index contributed by atoms with van der Waals surface area (Å²) in [6.07, 6.45) is 4.19. The predicted molar refractivity (Wildman–Crippen MR) is 122 cm³/mol. The molecule has 2 aromatic carbocycles. The second kappa shape index (κ2) is 8.30. The van der Waals surface area contributed by atoms with Gasteiger partial charge in [-0.05, 0) is 53.6 Å². The lowest BCUT2D eigenvalue weighted by atomic mass is 9.92. The van der Waals surface area contributed by atoms with Crippen molar-refractivity contribution in [1.82, 2.24) is 4.98 Å². The molecule has 0 saturated heterocycles. The highest BCUT2D eigenvalue weighted by atomic mass is 35.5. The van der Waals surface area contributed by atoms with E-state index in [0.29, 0.717) is 10.7 Å². The van der Waals surface area contributed by atoms with E-state index in [4.69, 9.17) is 16.6 Å². The molecule has 4 rings (SSSR count). The zero-order valence-corrected chi connectivity index (χ0v) is 19.0. The third-order valence-corrected chi connectivity index (χ3v) is 8.02. The van der Waals surface area contributed by atoms with Crippen LogP contribution in [0.2, 0.25) is 0 Å². The molecule has 0 saturated carbocycles. The van der Waals surface area contributed by atoms with Gasteiger partial charge >= 0.3 is 0 Å². The van der Waals surface area contributed by atoms with Crippen LogP contribution in [0, 0.1) is 11.7 Å². The Kier molecular flexibility index (Phi) is 5.85. The average Bonchev–Trinajstić information content (AvgIpc) is 3.17. The van der Waals surface area contributed by atoms with Crippen molar-refractivity contribution in [3.8, 4) is 21.7 Å². The van der Waals surface area contributed by atoms with Crippen LogP contribution < -0.4 is 0 Å². The molecule has 1 aliphatic rings. The zero-order valence-electron chi connectivity index (χ0n) is 16.6. The van der Waals surface area contributed by atoms with Crippen LogP contribution in [-0.2, 0) is 9.84 Å². The van der Waals surface area contributed by atoms with E-state index in [-0.39, 0.29) is 22.5 Å². The van der Waals surface area contributed by atoms with Crippen LogP contribution in [-0.4, -0.2) is 25.0 Å². The number of alkyl halides is 1. The fourth-order valence-corrected chi connectivity index (χ4v) is 5.43. The van der Waals surface area contributed by atoms with E-state index < -0.39 is 15.2 Å². The molecule has 160 valence electrons. The monoisotopic (exact) mass is 477 g/mol. The van der Waals surface area contributed by atoms with E-state index in [1.807, 2.05) is 6.92 Å². The number of hydrogen-bond acceptors (Lipinski definition) is 4. The smallest absolute Gasteiger partial charge is 0.175 e. The third kappa shape index (κ3) is 4.35. The lowest BCUT2D eigenvalue weighted by Crippen LogP contribution is -2.16. The second-order valence-corrected chi connectivity index (χ2v) is 10.8. The van der Waals surface area contributed by atoms with Crippen molar-refractivity contribution in [2.45, 2.75) is 17.2 Å². The minimum Gasteiger partial charge on any atom is -0.236 e. The van der Waals surface area contributed by atoms with E-state index in [1.165, 1.54) is 29.5 Å². The zero-order chi connectivity index (χ0) is 22.3. The van der Waals surface area contributed by atoms with Gasteiger partial charge in [0, 0.05) is 17.7 Å². The Balaban J connectivity index is 1.86. The maximum Gasteiger partial charge on any atom is 0.175 e. The Labute approximate surface area is 188 Å². The molecule has 2 unspecified atom stereocenters. The fourth-order valence-electron chi connectivity index (χ4n) is 3.37. The summed E-state index contributed by atoms with van der Waals surface area (Å²) in [5.74, 6) is -1.02. The van der Waals surface area contributed by atoms with Crippen molar-refractivity contribution < 1.29 is 17.2 Å². The van der Waals surface area contributed by atoms with Crippen molar-refractivity contribution in [2.24, 2.45) is 5.92 Å². The van der Waals surface area contributed by atoms with Gasteiger partial charge in [0.2, 0.25) is 0 Å². The van der Waals surface area contributed by atoms with Gasteiger partial charge in [-0.3, -0.25) is 0 Å². The first kappa shape index (κ1) is 21.9.